The molecule has 0 aliphatic carbocycles. The standard InChI is InChI=1S/C8H4F2N4/c9-5-2-11-8(12-3-5)6-1-7(10)14-4-13-6/h1-4H. The summed E-state index contributed by atoms with van der Waals surface area (Å²) in [7, 11) is 0. The fraction of sp³-hybridized carbons (Fsp3) is 0. The minimum absolute atomic E-state index is 0.160. The molecule has 2 aromatic heterocycles. The summed E-state index contributed by atoms with van der Waals surface area (Å²) in [6.45, 7) is 0. The van der Waals surface area contributed by atoms with Crippen LogP contribution in [0.15, 0.2) is 24.8 Å². The molecule has 70 valence electrons. The minimum atomic E-state index is -0.678. The normalized spacial score (nSPS) is 10.1. The molecule has 0 spiro atoms. The SMILES string of the molecule is Fc1cnc(-c2cc(F)ncn2)nc1. The van der Waals surface area contributed by atoms with E-state index >= 15 is 0 Å². The molecule has 4 nitrogen and oxygen atoms in total. The molecular weight excluding hydrogens is 190 g/mol. The topological polar surface area (TPSA) is 51.6 Å². The summed E-state index contributed by atoms with van der Waals surface area (Å²) in [5.74, 6) is -1.07. The molecule has 0 fully saturated rings. The lowest BCUT2D eigenvalue weighted by Gasteiger charge is -1.96. The molecule has 0 saturated carbocycles. The number of hydrogen-bond donors (Lipinski definition) is 0. The molecule has 0 aromatic carbocycles. The van der Waals surface area contributed by atoms with Gasteiger partial charge in [0.15, 0.2) is 11.6 Å². The molecule has 2 heterocycles. The van der Waals surface area contributed by atoms with Crippen LogP contribution in [-0.2, 0) is 0 Å². The first-order valence-electron chi connectivity index (χ1n) is 3.71. The van der Waals surface area contributed by atoms with E-state index in [-0.39, 0.29) is 11.5 Å². The van der Waals surface area contributed by atoms with Gasteiger partial charge in [-0.3, -0.25) is 0 Å². The predicted octanol–water partition coefficient (Wildman–Crippen LogP) is 1.21. The van der Waals surface area contributed by atoms with Gasteiger partial charge in [0.1, 0.15) is 12.0 Å². The van der Waals surface area contributed by atoms with Gasteiger partial charge in [-0.15, -0.1) is 0 Å². The zero-order valence-electron chi connectivity index (χ0n) is 6.85. The molecule has 14 heavy (non-hydrogen) atoms. The maximum Gasteiger partial charge on any atom is 0.216 e. The van der Waals surface area contributed by atoms with Crippen LogP contribution in [0.1, 0.15) is 0 Å². The van der Waals surface area contributed by atoms with E-state index in [1.807, 2.05) is 0 Å². The van der Waals surface area contributed by atoms with E-state index < -0.39 is 11.8 Å². The van der Waals surface area contributed by atoms with E-state index in [0.717, 1.165) is 24.8 Å². The first-order chi connectivity index (χ1) is 6.75. The van der Waals surface area contributed by atoms with Crippen molar-refractivity contribution in [1.82, 2.24) is 19.9 Å². The van der Waals surface area contributed by atoms with E-state index in [2.05, 4.69) is 19.9 Å². The number of hydrogen-bond acceptors (Lipinski definition) is 4. The average Bonchev–Trinajstić information content (AvgIpc) is 2.19. The lowest BCUT2D eigenvalue weighted by Crippen LogP contribution is -1.94. The Bertz CT molecular complexity index is 443. The third kappa shape index (κ3) is 1.68. The first kappa shape index (κ1) is 8.61. The van der Waals surface area contributed by atoms with Crippen molar-refractivity contribution in [3.8, 4) is 11.5 Å². The molecule has 0 N–H and O–H groups in total. The van der Waals surface area contributed by atoms with Crippen molar-refractivity contribution >= 4 is 0 Å². The second-order valence-corrected chi connectivity index (χ2v) is 2.45. The van der Waals surface area contributed by atoms with Gasteiger partial charge in [0, 0.05) is 6.07 Å². The van der Waals surface area contributed by atoms with Gasteiger partial charge in [-0.25, -0.2) is 24.3 Å². The summed E-state index contributed by atoms with van der Waals surface area (Å²) in [6.07, 6.45) is 3.03. The summed E-state index contributed by atoms with van der Waals surface area (Å²) < 4.78 is 25.1. The zero-order chi connectivity index (χ0) is 9.97. The van der Waals surface area contributed by atoms with Crippen molar-refractivity contribution in [1.29, 1.82) is 0 Å². The maximum atomic E-state index is 12.7. The van der Waals surface area contributed by atoms with Crippen LogP contribution < -0.4 is 0 Å². The number of nitrogens with zero attached hydrogens (tertiary/aromatic N) is 4. The Morgan fingerprint density at radius 1 is 0.929 bits per heavy atom. The monoisotopic (exact) mass is 194 g/mol. The van der Waals surface area contributed by atoms with E-state index in [9.17, 15) is 8.78 Å². The summed E-state index contributed by atoms with van der Waals surface area (Å²) in [4.78, 5) is 14.3. The lowest BCUT2D eigenvalue weighted by atomic mass is 10.4. The maximum absolute atomic E-state index is 12.7. The highest BCUT2D eigenvalue weighted by Crippen LogP contribution is 2.10. The van der Waals surface area contributed by atoms with Crippen molar-refractivity contribution in [3.63, 3.8) is 0 Å². The highest BCUT2D eigenvalue weighted by molar-refractivity contribution is 5.46. The van der Waals surface area contributed by atoms with E-state index in [4.69, 9.17) is 0 Å². The van der Waals surface area contributed by atoms with Crippen molar-refractivity contribution < 1.29 is 8.78 Å². The van der Waals surface area contributed by atoms with E-state index in [1.165, 1.54) is 0 Å². The molecule has 0 atom stereocenters. The highest BCUT2D eigenvalue weighted by Gasteiger charge is 2.04. The Balaban J connectivity index is 2.44. The van der Waals surface area contributed by atoms with Gasteiger partial charge < -0.3 is 0 Å². The molecule has 6 heteroatoms. The third-order valence-electron chi connectivity index (χ3n) is 1.48. The quantitative estimate of drug-likeness (QED) is 0.640. The molecule has 2 rings (SSSR count). The minimum Gasteiger partial charge on any atom is -0.233 e. The summed E-state index contributed by atoms with van der Waals surface area (Å²) in [6, 6.07) is 1.08. The summed E-state index contributed by atoms with van der Waals surface area (Å²) in [5.41, 5.74) is 0.220. The van der Waals surface area contributed by atoms with Crippen LogP contribution >= 0.6 is 0 Å². The molecule has 0 amide bonds. The van der Waals surface area contributed by atoms with Gasteiger partial charge >= 0.3 is 0 Å². The van der Waals surface area contributed by atoms with Gasteiger partial charge in [0.25, 0.3) is 0 Å². The Hall–Kier alpha value is -1.98. The molecule has 0 unspecified atom stereocenters. The third-order valence-corrected chi connectivity index (χ3v) is 1.48. The summed E-state index contributed by atoms with van der Waals surface area (Å²) in [5, 5.41) is 0. The molecular formula is C8H4F2N4. The zero-order valence-corrected chi connectivity index (χ0v) is 6.85. The number of rotatable bonds is 1. The van der Waals surface area contributed by atoms with Crippen LogP contribution in [0.2, 0.25) is 0 Å². The first-order valence-corrected chi connectivity index (χ1v) is 3.71. The second kappa shape index (κ2) is 3.41. The van der Waals surface area contributed by atoms with Crippen LogP contribution in [0.25, 0.3) is 11.5 Å². The molecule has 0 bridgehead atoms. The Morgan fingerprint density at radius 2 is 1.64 bits per heavy atom. The second-order valence-electron chi connectivity index (χ2n) is 2.45. The number of aromatic nitrogens is 4. The van der Waals surface area contributed by atoms with Gasteiger partial charge in [0.2, 0.25) is 5.95 Å². The van der Waals surface area contributed by atoms with Crippen LogP contribution in [0, 0.1) is 11.8 Å². The van der Waals surface area contributed by atoms with Crippen LogP contribution in [0.5, 0.6) is 0 Å². The van der Waals surface area contributed by atoms with Gasteiger partial charge in [-0.1, -0.05) is 0 Å². The highest BCUT2D eigenvalue weighted by atomic mass is 19.1. The van der Waals surface area contributed by atoms with Gasteiger partial charge in [-0.05, 0) is 0 Å². The molecule has 0 radical (unpaired) electrons. The van der Waals surface area contributed by atoms with Crippen LogP contribution in [0.4, 0.5) is 8.78 Å². The molecule has 0 aliphatic rings. The van der Waals surface area contributed by atoms with Crippen molar-refractivity contribution in [3.05, 3.63) is 36.6 Å². The van der Waals surface area contributed by atoms with Crippen molar-refractivity contribution in [2.24, 2.45) is 0 Å². The lowest BCUT2D eigenvalue weighted by molar-refractivity contribution is 0.580. The summed E-state index contributed by atoms with van der Waals surface area (Å²) >= 11 is 0. The Morgan fingerprint density at radius 3 is 2.29 bits per heavy atom. The fourth-order valence-electron chi connectivity index (χ4n) is 0.900. The van der Waals surface area contributed by atoms with Crippen LogP contribution in [-0.4, -0.2) is 19.9 Å². The Labute approximate surface area is 77.7 Å². The molecule has 2 aromatic rings. The van der Waals surface area contributed by atoms with E-state index in [0.29, 0.717) is 0 Å². The van der Waals surface area contributed by atoms with Crippen molar-refractivity contribution in [2.45, 2.75) is 0 Å². The largest absolute Gasteiger partial charge is 0.233 e. The Kier molecular flexibility index (Phi) is 2.10. The molecule has 0 aliphatic heterocycles. The van der Waals surface area contributed by atoms with Gasteiger partial charge in [-0.2, -0.15) is 4.39 Å². The van der Waals surface area contributed by atoms with Crippen molar-refractivity contribution in [2.75, 3.05) is 0 Å². The fourth-order valence-corrected chi connectivity index (χ4v) is 0.900. The smallest absolute Gasteiger partial charge is 0.216 e. The predicted molar refractivity (Wildman–Crippen MR) is 43.0 cm³/mol. The number of halogens is 2. The van der Waals surface area contributed by atoms with Gasteiger partial charge in [0.05, 0.1) is 12.4 Å². The van der Waals surface area contributed by atoms with Crippen LogP contribution in [0.3, 0.4) is 0 Å². The average molecular weight is 194 g/mol. The molecule has 0 saturated heterocycles. The van der Waals surface area contributed by atoms with E-state index in [1.54, 1.807) is 0 Å².